The molecule has 0 aliphatic carbocycles. The number of para-hydroxylation sites is 2. The van der Waals surface area contributed by atoms with Gasteiger partial charge in [0.25, 0.3) is 5.91 Å². The Hall–Kier alpha value is -2.73. The summed E-state index contributed by atoms with van der Waals surface area (Å²) in [5, 5.41) is 2.94. The van der Waals surface area contributed by atoms with Gasteiger partial charge in [0.15, 0.2) is 18.0 Å². The number of benzene rings is 2. The Kier molecular flexibility index (Phi) is 7.49. The maximum atomic E-state index is 12.5. The minimum absolute atomic E-state index is 0.0468. The Labute approximate surface area is 161 Å². The first kappa shape index (κ1) is 20.6. The number of nitrogens with one attached hydrogen (secondary N) is 2. The molecule has 0 spiro atoms. The van der Waals surface area contributed by atoms with Crippen molar-refractivity contribution in [2.24, 2.45) is 0 Å². The van der Waals surface area contributed by atoms with E-state index in [4.69, 9.17) is 14.2 Å². The third kappa shape index (κ3) is 5.37. The fraction of sp³-hybridized carbons (Fsp3) is 0.381. The summed E-state index contributed by atoms with van der Waals surface area (Å²) in [5.74, 6) is 2.02. The molecule has 0 aromatic heterocycles. The summed E-state index contributed by atoms with van der Waals surface area (Å²) >= 11 is 0. The van der Waals surface area contributed by atoms with Gasteiger partial charge in [0.1, 0.15) is 12.3 Å². The summed E-state index contributed by atoms with van der Waals surface area (Å²) in [5.41, 5.74) is 2.93. The van der Waals surface area contributed by atoms with Gasteiger partial charge in [-0.25, -0.2) is 0 Å². The van der Waals surface area contributed by atoms with Crippen LogP contribution in [0.15, 0.2) is 36.4 Å². The second kappa shape index (κ2) is 9.83. The normalized spacial score (nSPS) is 11.6. The number of ether oxygens (including phenoxy) is 3. The number of quaternary nitrogens is 1. The van der Waals surface area contributed by atoms with Crippen LogP contribution in [0.2, 0.25) is 0 Å². The van der Waals surface area contributed by atoms with E-state index < -0.39 is 0 Å². The molecule has 0 aliphatic heterocycles. The Morgan fingerprint density at radius 2 is 1.63 bits per heavy atom. The Morgan fingerprint density at radius 1 is 1.00 bits per heavy atom. The molecule has 27 heavy (non-hydrogen) atoms. The lowest BCUT2D eigenvalue weighted by Gasteiger charge is -2.20. The predicted octanol–water partition coefficient (Wildman–Crippen LogP) is 2.06. The molecule has 146 valence electrons. The molecule has 2 aromatic rings. The zero-order valence-corrected chi connectivity index (χ0v) is 16.7. The van der Waals surface area contributed by atoms with Crippen molar-refractivity contribution in [3.63, 3.8) is 0 Å². The molecule has 0 fully saturated rings. The van der Waals surface area contributed by atoms with Gasteiger partial charge < -0.3 is 24.4 Å². The number of rotatable bonds is 9. The van der Waals surface area contributed by atoms with Crippen LogP contribution in [0.4, 0.5) is 5.69 Å². The van der Waals surface area contributed by atoms with Crippen LogP contribution in [0.25, 0.3) is 0 Å². The molecule has 2 rings (SSSR count). The third-order valence-electron chi connectivity index (χ3n) is 4.57. The van der Waals surface area contributed by atoms with Gasteiger partial charge in [-0.05, 0) is 43.7 Å². The van der Waals surface area contributed by atoms with E-state index in [0.717, 1.165) is 29.1 Å². The van der Waals surface area contributed by atoms with Gasteiger partial charge in [0.05, 0.1) is 33.6 Å². The number of carbonyl (C=O) groups is 1. The van der Waals surface area contributed by atoms with E-state index in [1.807, 2.05) is 43.3 Å². The van der Waals surface area contributed by atoms with Crippen molar-refractivity contribution in [2.75, 3.05) is 39.7 Å². The smallest absolute Gasteiger partial charge is 0.279 e. The molecule has 2 aromatic carbocycles. The zero-order chi connectivity index (χ0) is 19.8. The number of hydrogen-bond acceptors (Lipinski definition) is 4. The first-order chi connectivity index (χ1) is 13.0. The zero-order valence-electron chi connectivity index (χ0n) is 16.7. The van der Waals surface area contributed by atoms with Crippen LogP contribution in [0.5, 0.6) is 17.2 Å². The van der Waals surface area contributed by atoms with Crippen molar-refractivity contribution in [1.29, 1.82) is 0 Å². The van der Waals surface area contributed by atoms with Crippen LogP contribution in [0, 0.1) is 6.92 Å². The van der Waals surface area contributed by atoms with Crippen LogP contribution < -0.4 is 24.4 Å². The van der Waals surface area contributed by atoms with Crippen LogP contribution in [0.3, 0.4) is 0 Å². The summed E-state index contributed by atoms with van der Waals surface area (Å²) in [6.07, 6.45) is 0. The largest absolute Gasteiger partial charge is 0.495 e. The molecule has 6 heteroatoms. The molecule has 0 aliphatic rings. The van der Waals surface area contributed by atoms with Crippen molar-refractivity contribution >= 4 is 11.6 Å². The fourth-order valence-corrected chi connectivity index (χ4v) is 2.96. The number of carbonyl (C=O) groups excluding carboxylic acids is 1. The van der Waals surface area contributed by atoms with E-state index in [0.29, 0.717) is 29.5 Å². The number of anilines is 1. The molecule has 0 radical (unpaired) electrons. The van der Waals surface area contributed by atoms with Gasteiger partial charge in [-0.1, -0.05) is 12.1 Å². The average Bonchev–Trinajstić information content (AvgIpc) is 2.68. The quantitative estimate of drug-likeness (QED) is 0.706. The van der Waals surface area contributed by atoms with Crippen LogP contribution >= 0.6 is 0 Å². The molecule has 1 atom stereocenters. The summed E-state index contributed by atoms with van der Waals surface area (Å²) in [4.78, 5) is 13.7. The maximum Gasteiger partial charge on any atom is 0.279 e. The third-order valence-corrected chi connectivity index (χ3v) is 4.57. The number of hydrogen-bond donors (Lipinski definition) is 2. The lowest BCUT2D eigenvalue weighted by atomic mass is 10.1. The molecule has 0 bridgehead atoms. The minimum Gasteiger partial charge on any atom is -0.495 e. The van der Waals surface area contributed by atoms with E-state index >= 15 is 0 Å². The predicted molar refractivity (Wildman–Crippen MR) is 106 cm³/mol. The molecular formula is C21H29N2O4+. The van der Waals surface area contributed by atoms with Gasteiger partial charge in [-0.15, -0.1) is 0 Å². The van der Waals surface area contributed by atoms with Crippen LogP contribution in [0.1, 0.15) is 18.1 Å². The number of methoxy groups -OCH3 is 3. The Morgan fingerprint density at radius 3 is 2.26 bits per heavy atom. The van der Waals surface area contributed by atoms with Crippen molar-refractivity contribution in [1.82, 2.24) is 0 Å². The highest BCUT2D eigenvalue weighted by molar-refractivity contribution is 5.92. The number of likely N-dealkylation sites (N-methyl/N-ethyl adjacent to an activating group) is 1. The van der Waals surface area contributed by atoms with Gasteiger partial charge in [0, 0.05) is 5.56 Å². The summed E-state index contributed by atoms with van der Waals surface area (Å²) in [6, 6.07) is 11.4. The lowest BCUT2D eigenvalue weighted by molar-refractivity contribution is -0.903. The highest BCUT2D eigenvalue weighted by Gasteiger charge is 2.17. The summed E-state index contributed by atoms with van der Waals surface area (Å²) in [6.45, 7) is 6.03. The van der Waals surface area contributed by atoms with E-state index in [1.54, 1.807) is 21.3 Å². The second-order valence-corrected chi connectivity index (χ2v) is 6.34. The molecule has 1 amide bonds. The van der Waals surface area contributed by atoms with Gasteiger partial charge in [-0.3, -0.25) is 4.79 Å². The molecule has 6 nitrogen and oxygen atoms in total. The molecule has 0 heterocycles. The van der Waals surface area contributed by atoms with E-state index in [9.17, 15) is 4.79 Å². The monoisotopic (exact) mass is 373 g/mol. The SMILES string of the molecule is CC[NH+](CC(=O)Nc1ccccc1OC)Cc1cc(OC)c(OC)cc1C. The lowest BCUT2D eigenvalue weighted by Crippen LogP contribution is -3.11. The van der Waals surface area contributed by atoms with E-state index in [2.05, 4.69) is 12.2 Å². The summed E-state index contributed by atoms with van der Waals surface area (Å²) < 4.78 is 16.0. The van der Waals surface area contributed by atoms with Crippen LogP contribution in [-0.4, -0.2) is 40.3 Å². The van der Waals surface area contributed by atoms with Gasteiger partial charge in [0.2, 0.25) is 0 Å². The maximum absolute atomic E-state index is 12.5. The second-order valence-electron chi connectivity index (χ2n) is 6.34. The fourth-order valence-electron chi connectivity index (χ4n) is 2.96. The first-order valence-corrected chi connectivity index (χ1v) is 9.00. The Bertz CT molecular complexity index is 777. The highest BCUT2D eigenvalue weighted by atomic mass is 16.5. The molecule has 0 saturated heterocycles. The number of amides is 1. The Balaban J connectivity index is 2.08. The van der Waals surface area contributed by atoms with Crippen molar-refractivity contribution in [2.45, 2.75) is 20.4 Å². The van der Waals surface area contributed by atoms with E-state index in [-0.39, 0.29) is 5.91 Å². The molecule has 1 unspecified atom stereocenters. The van der Waals surface area contributed by atoms with Gasteiger partial charge in [-0.2, -0.15) is 0 Å². The highest BCUT2D eigenvalue weighted by Crippen LogP contribution is 2.30. The van der Waals surface area contributed by atoms with E-state index in [1.165, 1.54) is 0 Å². The standard InChI is InChI=1S/C21H28N2O4/c1-6-23(13-16-12-20(27-5)19(26-4)11-15(16)2)14-21(24)22-17-9-7-8-10-18(17)25-3/h7-12H,6,13-14H2,1-5H3,(H,22,24)/p+1. The first-order valence-electron chi connectivity index (χ1n) is 9.00. The van der Waals surface area contributed by atoms with Crippen LogP contribution in [-0.2, 0) is 11.3 Å². The number of aryl methyl sites for hydroxylation is 1. The topological polar surface area (TPSA) is 61.2 Å². The average molecular weight is 373 g/mol. The summed E-state index contributed by atoms with van der Waals surface area (Å²) in [7, 11) is 4.85. The molecule has 0 saturated carbocycles. The molecule has 2 N–H and O–H groups in total. The van der Waals surface area contributed by atoms with Crippen molar-refractivity contribution in [3.05, 3.63) is 47.5 Å². The minimum atomic E-state index is -0.0468. The van der Waals surface area contributed by atoms with Crippen molar-refractivity contribution < 1.29 is 23.9 Å². The molecular weight excluding hydrogens is 344 g/mol. The van der Waals surface area contributed by atoms with Crippen molar-refractivity contribution in [3.8, 4) is 17.2 Å². The van der Waals surface area contributed by atoms with Gasteiger partial charge >= 0.3 is 0 Å².